The molecular weight excluding hydrogens is 372 g/mol. The maximum Gasteiger partial charge on any atom is 0.164 e. The predicted molar refractivity (Wildman–Crippen MR) is 117 cm³/mol. The Kier molecular flexibility index (Phi) is 5.20. The van der Waals surface area contributed by atoms with E-state index in [0.717, 1.165) is 11.1 Å². The van der Waals surface area contributed by atoms with Crippen LogP contribution in [0.15, 0.2) is 60.7 Å². The Morgan fingerprint density at radius 2 is 1.13 bits per heavy atom. The van der Waals surface area contributed by atoms with E-state index in [1.54, 1.807) is 6.07 Å². The third-order valence-corrected chi connectivity index (χ3v) is 4.59. The maximum atomic E-state index is 14.3. The molecule has 0 saturated carbocycles. The molecule has 8 heteroatoms. The molecule has 0 fully saturated rings. The minimum atomic E-state index is -0.961. The van der Waals surface area contributed by atoms with Gasteiger partial charge in [0.25, 0.3) is 0 Å². The number of nitrogens with zero attached hydrogens (tertiary/aromatic N) is 4. The van der Waals surface area contributed by atoms with E-state index in [0.29, 0.717) is 11.6 Å². The molecule has 1 aromatic heterocycles. The molecule has 4 nitrogen and oxygen atoms in total. The molecule has 134 valence electrons. The molecule has 0 amide bonds. The Balaban J connectivity index is 2.04. The van der Waals surface area contributed by atoms with Crippen LogP contribution in [0.25, 0.3) is 34.2 Å². The molecular formula is C22H10B3FN4. The van der Waals surface area contributed by atoms with Gasteiger partial charge in [-0.1, -0.05) is 77.1 Å². The lowest BCUT2D eigenvalue weighted by Crippen LogP contribution is -2.38. The lowest BCUT2D eigenvalue weighted by atomic mass is 9.70. The van der Waals surface area contributed by atoms with Crippen LogP contribution in [-0.4, -0.2) is 38.5 Å². The zero-order valence-electron chi connectivity index (χ0n) is 15.7. The summed E-state index contributed by atoms with van der Waals surface area (Å²) in [7, 11) is 17.9. The molecule has 4 rings (SSSR count). The first-order valence-electron chi connectivity index (χ1n) is 8.94. The summed E-state index contributed by atoms with van der Waals surface area (Å²) in [5.41, 5.74) is 0.497. The van der Waals surface area contributed by atoms with E-state index >= 15 is 0 Å². The van der Waals surface area contributed by atoms with Crippen LogP contribution >= 0.6 is 0 Å². The molecule has 0 saturated heterocycles. The van der Waals surface area contributed by atoms with Crippen molar-refractivity contribution in [3.63, 3.8) is 0 Å². The Labute approximate surface area is 177 Å². The molecule has 30 heavy (non-hydrogen) atoms. The summed E-state index contributed by atoms with van der Waals surface area (Å²) in [5.74, 6) is -0.114. The summed E-state index contributed by atoms with van der Waals surface area (Å²) in [5, 5.41) is 9.33. The van der Waals surface area contributed by atoms with Crippen molar-refractivity contribution in [1.82, 2.24) is 15.0 Å². The van der Waals surface area contributed by atoms with Crippen molar-refractivity contribution >= 4 is 39.9 Å². The third-order valence-electron chi connectivity index (χ3n) is 4.59. The van der Waals surface area contributed by atoms with Crippen LogP contribution in [0.2, 0.25) is 0 Å². The first kappa shape index (κ1) is 19.6. The molecule has 1 heterocycles. The number of halogens is 1. The Morgan fingerprint density at radius 1 is 0.667 bits per heavy atom. The van der Waals surface area contributed by atoms with Crippen molar-refractivity contribution in [2.75, 3.05) is 0 Å². The third kappa shape index (κ3) is 3.39. The minimum Gasteiger partial charge on any atom is -0.208 e. The molecule has 0 atom stereocenters. The van der Waals surface area contributed by atoms with E-state index in [4.69, 9.17) is 23.5 Å². The number of nitriles is 1. The summed E-state index contributed by atoms with van der Waals surface area (Å²) >= 11 is 0. The monoisotopic (exact) mass is 382 g/mol. The molecule has 0 aliphatic carbocycles. The van der Waals surface area contributed by atoms with Crippen LogP contribution in [0.5, 0.6) is 0 Å². The lowest BCUT2D eigenvalue weighted by Gasteiger charge is -2.17. The zero-order valence-corrected chi connectivity index (χ0v) is 15.7. The molecule has 0 aliphatic heterocycles. The molecule has 3 aromatic carbocycles. The van der Waals surface area contributed by atoms with Gasteiger partial charge in [-0.15, -0.1) is 0 Å². The number of hydrogen-bond acceptors (Lipinski definition) is 4. The predicted octanol–water partition coefficient (Wildman–Crippen LogP) is 1.26. The fourth-order valence-electron chi connectivity index (χ4n) is 3.05. The Hall–Kier alpha value is -3.72. The highest BCUT2D eigenvalue weighted by Crippen LogP contribution is 2.23. The van der Waals surface area contributed by atoms with Gasteiger partial charge in [0.1, 0.15) is 35.4 Å². The summed E-state index contributed by atoms with van der Waals surface area (Å²) in [6.07, 6.45) is 0. The number of hydrogen-bond donors (Lipinski definition) is 0. The van der Waals surface area contributed by atoms with Crippen molar-refractivity contribution in [1.29, 1.82) is 5.26 Å². The van der Waals surface area contributed by atoms with Crippen LogP contribution in [0.3, 0.4) is 0 Å². The van der Waals surface area contributed by atoms with Gasteiger partial charge in [-0.2, -0.15) is 5.26 Å². The number of rotatable bonds is 3. The van der Waals surface area contributed by atoms with Crippen molar-refractivity contribution in [2.24, 2.45) is 0 Å². The quantitative estimate of drug-likeness (QED) is 0.501. The molecule has 4 aromatic rings. The smallest absolute Gasteiger partial charge is 0.164 e. The Morgan fingerprint density at radius 3 is 1.60 bits per heavy atom. The number of aromatic nitrogens is 3. The fourth-order valence-corrected chi connectivity index (χ4v) is 3.05. The van der Waals surface area contributed by atoms with E-state index < -0.39 is 11.4 Å². The van der Waals surface area contributed by atoms with Gasteiger partial charge in [0.05, 0.1) is 5.56 Å². The highest BCUT2D eigenvalue weighted by Gasteiger charge is 2.20. The second kappa shape index (κ2) is 7.96. The topological polar surface area (TPSA) is 62.5 Å². The molecule has 6 radical (unpaired) electrons. The summed E-state index contributed by atoms with van der Waals surface area (Å²) < 4.78 is 14.3. The SMILES string of the molecule is [B]c1c([B])c(-c2nc(-c3ccccc3)nc(-c3ccccc3)n2)c([B])c(C#N)c1F. The summed E-state index contributed by atoms with van der Waals surface area (Å²) in [6.45, 7) is 0. The van der Waals surface area contributed by atoms with Crippen LogP contribution in [0.4, 0.5) is 4.39 Å². The van der Waals surface area contributed by atoms with Crippen LogP contribution in [-0.2, 0) is 0 Å². The van der Waals surface area contributed by atoms with E-state index in [1.807, 2.05) is 60.7 Å². The van der Waals surface area contributed by atoms with Crippen LogP contribution < -0.4 is 16.4 Å². The van der Waals surface area contributed by atoms with Crippen LogP contribution in [0.1, 0.15) is 5.56 Å². The first-order chi connectivity index (χ1) is 14.5. The average molecular weight is 382 g/mol. The van der Waals surface area contributed by atoms with E-state index in [9.17, 15) is 9.65 Å². The summed E-state index contributed by atoms with van der Waals surface area (Å²) in [6, 6.07) is 20.3. The molecule has 0 spiro atoms. The molecule has 0 aliphatic rings. The van der Waals surface area contributed by atoms with Gasteiger partial charge >= 0.3 is 0 Å². The molecule has 0 bridgehead atoms. The van der Waals surface area contributed by atoms with Gasteiger partial charge < -0.3 is 0 Å². The van der Waals surface area contributed by atoms with Crippen molar-refractivity contribution in [3.05, 3.63) is 72.0 Å². The van der Waals surface area contributed by atoms with Gasteiger partial charge in [-0.3, -0.25) is 0 Å². The van der Waals surface area contributed by atoms with Crippen LogP contribution in [0, 0.1) is 17.1 Å². The van der Waals surface area contributed by atoms with Crippen molar-refractivity contribution in [3.8, 4) is 40.2 Å². The minimum absolute atomic E-state index is 0.0981. The second-order valence-electron chi connectivity index (χ2n) is 6.46. The average Bonchev–Trinajstić information content (AvgIpc) is 2.79. The van der Waals surface area contributed by atoms with E-state index in [-0.39, 0.29) is 27.8 Å². The fraction of sp³-hybridized carbons (Fsp3) is 0. The summed E-state index contributed by atoms with van der Waals surface area (Å²) in [4.78, 5) is 13.6. The van der Waals surface area contributed by atoms with Gasteiger partial charge in [-0.05, 0) is 0 Å². The number of benzene rings is 3. The standard InChI is InChI=1S/C22H10B3FN4/c23-16-14(11-27)19(26)18(25)17(24)15(16)22-29-20(12-7-3-1-4-8-12)28-21(30-22)13-9-5-2-6-10-13/h1-10H. The van der Waals surface area contributed by atoms with Crippen molar-refractivity contribution < 1.29 is 4.39 Å². The van der Waals surface area contributed by atoms with Crippen molar-refractivity contribution in [2.45, 2.75) is 0 Å². The maximum absolute atomic E-state index is 14.3. The Bertz CT molecular complexity index is 1230. The molecule has 0 N–H and O–H groups in total. The van der Waals surface area contributed by atoms with Gasteiger partial charge in [0.15, 0.2) is 17.5 Å². The second-order valence-corrected chi connectivity index (χ2v) is 6.46. The molecule has 0 unspecified atom stereocenters. The van der Waals surface area contributed by atoms with Gasteiger partial charge in [0, 0.05) is 16.7 Å². The first-order valence-corrected chi connectivity index (χ1v) is 8.94. The van der Waals surface area contributed by atoms with E-state index in [2.05, 4.69) is 15.0 Å². The van der Waals surface area contributed by atoms with Gasteiger partial charge in [-0.25, -0.2) is 19.3 Å². The highest BCUT2D eigenvalue weighted by atomic mass is 19.1. The highest BCUT2D eigenvalue weighted by molar-refractivity contribution is 6.54. The lowest BCUT2D eigenvalue weighted by molar-refractivity contribution is 0.634. The zero-order chi connectivity index (χ0) is 21.3. The van der Waals surface area contributed by atoms with E-state index in [1.165, 1.54) is 0 Å². The normalized spacial score (nSPS) is 10.5. The van der Waals surface area contributed by atoms with Gasteiger partial charge in [0.2, 0.25) is 0 Å². The largest absolute Gasteiger partial charge is 0.208 e.